The van der Waals surface area contributed by atoms with E-state index >= 15 is 0 Å². The van der Waals surface area contributed by atoms with Gasteiger partial charge in [0.1, 0.15) is 17.5 Å². The van der Waals surface area contributed by atoms with Crippen LogP contribution in [0.2, 0.25) is 0 Å². The van der Waals surface area contributed by atoms with Gasteiger partial charge in [-0.2, -0.15) is 0 Å². The zero-order valence-corrected chi connectivity index (χ0v) is 13.3. The Bertz CT molecular complexity index is 436. The van der Waals surface area contributed by atoms with E-state index in [2.05, 4.69) is 43.3 Å². The second-order valence-electron chi connectivity index (χ2n) is 5.77. The van der Waals surface area contributed by atoms with Gasteiger partial charge in [0.2, 0.25) is 0 Å². The lowest BCUT2D eigenvalue weighted by atomic mass is 10.0. The van der Waals surface area contributed by atoms with Gasteiger partial charge in [-0.05, 0) is 32.6 Å². The molecule has 0 aliphatic heterocycles. The van der Waals surface area contributed by atoms with Crippen LogP contribution < -0.4 is 10.6 Å². The van der Waals surface area contributed by atoms with Crippen molar-refractivity contribution in [2.24, 2.45) is 5.92 Å². The highest BCUT2D eigenvalue weighted by atomic mass is 15.1. The molecular formula is C16H28N4. The van der Waals surface area contributed by atoms with Gasteiger partial charge in [-0.1, -0.05) is 26.7 Å². The third kappa shape index (κ3) is 3.62. The molecule has 0 bridgehead atoms. The summed E-state index contributed by atoms with van der Waals surface area (Å²) in [6.45, 7) is 10.6. The van der Waals surface area contributed by atoms with Crippen molar-refractivity contribution in [3.8, 4) is 0 Å². The minimum Gasteiger partial charge on any atom is -0.370 e. The van der Waals surface area contributed by atoms with Crippen molar-refractivity contribution in [2.45, 2.75) is 59.3 Å². The van der Waals surface area contributed by atoms with E-state index in [-0.39, 0.29) is 0 Å². The molecule has 0 saturated heterocycles. The van der Waals surface area contributed by atoms with Gasteiger partial charge in [-0.3, -0.25) is 0 Å². The molecule has 20 heavy (non-hydrogen) atoms. The van der Waals surface area contributed by atoms with Crippen LogP contribution in [0.4, 0.5) is 11.6 Å². The second-order valence-corrected chi connectivity index (χ2v) is 5.77. The van der Waals surface area contributed by atoms with Gasteiger partial charge in [0.15, 0.2) is 0 Å². The number of rotatable bonds is 8. The van der Waals surface area contributed by atoms with Crippen LogP contribution >= 0.6 is 0 Å². The summed E-state index contributed by atoms with van der Waals surface area (Å²) in [7, 11) is 0. The lowest BCUT2D eigenvalue weighted by Gasteiger charge is -2.17. The van der Waals surface area contributed by atoms with Gasteiger partial charge in [0.25, 0.3) is 0 Å². The first kappa shape index (κ1) is 15.1. The van der Waals surface area contributed by atoms with E-state index in [1.54, 1.807) is 0 Å². The van der Waals surface area contributed by atoms with E-state index in [0.29, 0.717) is 5.92 Å². The lowest BCUT2D eigenvalue weighted by molar-refractivity contribution is 0.518. The molecule has 1 fully saturated rings. The summed E-state index contributed by atoms with van der Waals surface area (Å²) in [6.07, 6.45) is 4.90. The molecule has 112 valence electrons. The fourth-order valence-electron chi connectivity index (χ4n) is 2.39. The van der Waals surface area contributed by atoms with E-state index < -0.39 is 0 Å². The van der Waals surface area contributed by atoms with Crippen molar-refractivity contribution < 1.29 is 0 Å². The number of hydrogen-bond donors (Lipinski definition) is 2. The highest BCUT2D eigenvalue weighted by molar-refractivity contribution is 5.57. The Morgan fingerprint density at radius 3 is 2.15 bits per heavy atom. The molecule has 4 heteroatoms. The predicted octanol–water partition coefficient (Wildman–Crippen LogP) is 3.94. The van der Waals surface area contributed by atoms with Crippen molar-refractivity contribution in [1.29, 1.82) is 0 Å². The van der Waals surface area contributed by atoms with Gasteiger partial charge in [-0.15, -0.1) is 0 Å². The van der Waals surface area contributed by atoms with Crippen LogP contribution in [0.5, 0.6) is 0 Å². The summed E-state index contributed by atoms with van der Waals surface area (Å²) in [5.74, 6) is 4.33. The van der Waals surface area contributed by atoms with Crippen LogP contribution in [0.25, 0.3) is 0 Å². The van der Waals surface area contributed by atoms with Gasteiger partial charge in [0.05, 0.1) is 0 Å². The minimum atomic E-state index is 0.585. The second kappa shape index (κ2) is 6.91. The Balaban J connectivity index is 2.16. The number of nitrogens with zero attached hydrogens (tertiary/aromatic N) is 2. The Labute approximate surface area is 122 Å². The highest BCUT2D eigenvalue weighted by Gasteiger charge is 2.28. The van der Waals surface area contributed by atoms with Crippen molar-refractivity contribution in [2.75, 3.05) is 23.7 Å². The number of hydrogen-bond acceptors (Lipinski definition) is 4. The Kier molecular flexibility index (Phi) is 5.21. The maximum absolute atomic E-state index is 4.76. The molecule has 1 saturated carbocycles. The highest BCUT2D eigenvalue weighted by Crippen LogP contribution is 2.39. The maximum Gasteiger partial charge on any atom is 0.136 e. The molecule has 0 aromatic carbocycles. The number of aromatic nitrogens is 2. The molecule has 0 unspecified atom stereocenters. The predicted molar refractivity (Wildman–Crippen MR) is 85.5 cm³/mol. The van der Waals surface area contributed by atoms with Crippen LogP contribution in [0, 0.1) is 12.8 Å². The minimum absolute atomic E-state index is 0.585. The van der Waals surface area contributed by atoms with Crippen LogP contribution in [0.15, 0.2) is 0 Å². The van der Waals surface area contributed by atoms with Gasteiger partial charge < -0.3 is 10.6 Å². The normalized spacial score (nSPS) is 14.7. The van der Waals surface area contributed by atoms with Crippen molar-refractivity contribution >= 4 is 11.6 Å². The number of anilines is 2. The quantitative estimate of drug-likeness (QED) is 0.755. The standard InChI is InChI=1S/C16H28N4/c1-5-12(6-2)10-18-15-11(4)14(17-7-3)19-16(20-15)13-8-9-13/h12-13H,5-10H2,1-4H3,(H2,17,18,19,20). The summed E-state index contributed by atoms with van der Waals surface area (Å²) in [6, 6.07) is 0. The third-order valence-corrected chi connectivity index (χ3v) is 4.16. The Morgan fingerprint density at radius 2 is 1.65 bits per heavy atom. The number of nitrogens with one attached hydrogen (secondary N) is 2. The van der Waals surface area contributed by atoms with Crippen molar-refractivity contribution in [3.05, 3.63) is 11.4 Å². The van der Waals surface area contributed by atoms with E-state index in [1.165, 1.54) is 25.7 Å². The molecule has 1 aliphatic carbocycles. The molecule has 2 rings (SSSR count). The molecular weight excluding hydrogens is 248 g/mol. The Hall–Kier alpha value is -1.32. The monoisotopic (exact) mass is 276 g/mol. The van der Waals surface area contributed by atoms with E-state index in [1.807, 2.05) is 0 Å². The largest absolute Gasteiger partial charge is 0.370 e. The van der Waals surface area contributed by atoms with E-state index in [0.717, 1.165) is 42.0 Å². The molecule has 1 aliphatic rings. The summed E-state index contributed by atoms with van der Waals surface area (Å²) in [4.78, 5) is 9.45. The van der Waals surface area contributed by atoms with Gasteiger partial charge >= 0.3 is 0 Å². The summed E-state index contributed by atoms with van der Waals surface area (Å²) >= 11 is 0. The molecule has 0 spiro atoms. The average Bonchev–Trinajstić information content (AvgIpc) is 3.28. The van der Waals surface area contributed by atoms with Crippen molar-refractivity contribution in [1.82, 2.24) is 9.97 Å². The molecule has 4 nitrogen and oxygen atoms in total. The summed E-state index contributed by atoms with van der Waals surface area (Å²) in [5.41, 5.74) is 1.14. The SMILES string of the molecule is CCNc1nc(C2CC2)nc(NCC(CC)CC)c1C. The molecule has 0 atom stereocenters. The third-order valence-electron chi connectivity index (χ3n) is 4.16. The molecule has 1 aromatic rings. The van der Waals surface area contributed by atoms with Crippen molar-refractivity contribution in [3.63, 3.8) is 0 Å². The van der Waals surface area contributed by atoms with Crippen LogP contribution in [-0.2, 0) is 0 Å². The molecule has 1 heterocycles. The first-order chi connectivity index (χ1) is 9.69. The topological polar surface area (TPSA) is 49.8 Å². The van der Waals surface area contributed by atoms with Crippen LogP contribution in [0.3, 0.4) is 0 Å². The first-order valence-electron chi connectivity index (χ1n) is 8.05. The van der Waals surface area contributed by atoms with E-state index in [9.17, 15) is 0 Å². The molecule has 2 N–H and O–H groups in total. The fraction of sp³-hybridized carbons (Fsp3) is 0.750. The fourth-order valence-corrected chi connectivity index (χ4v) is 2.39. The van der Waals surface area contributed by atoms with E-state index in [4.69, 9.17) is 4.98 Å². The molecule has 0 radical (unpaired) electrons. The average molecular weight is 276 g/mol. The zero-order chi connectivity index (χ0) is 14.5. The molecule has 0 amide bonds. The Morgan fingerprint density at radius 1 is 1.05 bits per heavy atom. The van der Waals surface area contributed by atoms with Crippen LogP contribution in [-0.4, -0.2) is 23.1 Å². The van der Waals surface area contributed by atoms with Gasteiger partial charge in [-0.25, -0.2) is 9.97 Å². The molecule has 1 aromatic heterocycles. The first-order valence-corrected chi connectivity index (χ1v) is 8.05. The van der Waals surface area contributed by atoms with Gasteiger partial charge in [0, 0.05) is 24.6 Å². The summed E-state index contributed by atoms with van der Waals surface area (Å²) in [5, 5.41) is 6.91. The lowest BCUT2D eigenvalue weighted by Crippen LogP contribution is -2.16. The maximum atomic E-state index is 4.76. The zero-order valence-electron chi connectivity index (χ0n) is 13.3. The summed E-state index contributed by atoms with van der Waals surface area (Å²) < 4.78 is 0. The van der Waals surface area contributed by atoms with Crippen LogP contribution in [0.1, 0.15) is 63.8 Å². The smallest absolute Gasteiger partial charge is 0.136 e.